The first-order valence-corrected chi connectivity index (χ1v) is 11.0. The van der Waals surface area contributed by atoms with Crippen molar-refractivity contribution in [3.8, 4) is 5.75 Å². The van der Waals surface area contributed by atoms with Gasteiger partial charge in [-0.2, -0.15) is 0 Å². The van der Waals surface area contributed by atoms with Gasteiger partial charge < -0.3 is 19.2 Å². The lowest BCUT2D eigenvalue weighted by Crippen LogP contribution is -2.28. The normalized spacial score (nSPS) is 17.7. The van der Waals surface area contributed by atoms with Crippen molar-refractivity contribution >= 4 is 28.8 Å². The Balaban J connectivity index is 1.14. The van der Waals surface area contributed by atoms with E-state index < -0.39 is 17.7 Å². The first-order chi connectivity index (χ1) is 16.4. The number of hydrogen-bond donors (Lipinski definition) is 1. The van der Waals surface area contributed by atoms with Crippen LogP contribution in [0, 0.1) is 5.82 Å². The molecule has 34 heavy (non-hydrogen) atoms. The Morgan fingerprint density at radius 1 is 1.18 bits per heavy atom. The summed E-state index contributed by atoms with van der Waals surface area (Å²) in [6, 6.07) is 6.13. The molecule has 10 nitrogen and oxygen atoms in total. The molecule has 3 aromatic rings. The van der Waals surface area contributed by atoms with E-state index in [4.69, 9.17) is 13.9 Å². The number of benzene rings is 1. The van der Waals surface area contributed by atoms with E-state index in [9.17, 15) is 18.8 Å². The van der Waals surface area contributed by atoms with Crippen LogP contribution >= 0.6 is 0 Å². The molecule has 0 bridgehead atoms. The van der Waals surface area contributed by atoms with Crippen molar-refractivity contribution < 1.29 is 27.9 Å². The summed E-state index contributed by atoms with van der Waals surface area (Å²) in [5, 5.41) is 3.23. The monoisotopic (exact) mass is 470 g/mol. The van der Waals surface area contributed by atoms with Crippen LogP contribution in [0.2, 0.25) is 0 Å². The van der Waals surface area contributed by atoms with Crippen molar-refractivity contribution in [2.45, 2.75) is 25.4 Å². The number of oxazole rings is 1. The average molecular weight is 470 g/mol. The fourth-order valence-corrected chi connectivity index (χ4v) is 4.27. The Bertz CT molecular complexity index is 1330. The van der Waals surface area contributed by atoms with Gasteiger partial charge in [-0.15, -0.1) is 0 Å². The van der Waals surface area contributed by atoms with E-state index >= 15 is 0 Å². The Hall–Kier alpha value is -3.73. The molecule has 1 saturated heterocycles. The minimum Gasteiger partial charge on any atom is -0.484 e. The number of aromatic nitrogens is 2. The van der Waals surface area contributed by atoms with Crippen LogP contribution in [0.3, 0.4) is 0 Å². The number of anilines is 1. The van der Waals surface area contributed by atoms with Gasteiger partial charge in [0.15, 0.2) is 11.4 Å². The molecule has 0 saturated carbocycles. The van der Waals surface area contributed by atoms with Crippen LogP contribution < -0.4 is 20.7 Å². The molecule has 178 valence electrons. The van der Waals surface area contributed by atoms with Gasteiger partial charge in [0, 0.05) is 12.6 Å². The van der Waals surface area contributed by atoms with Gasteiger partial charge in [-0.05, 0) is 50.2 Å². The number of rotatable bonds is 7. The average Bonchev–Trinajstić information content (AvgIpc) is 3.33. The maximum Gasteiger partial charge on any atom is 0.419 e. The molecule has 4 heterocycles. The first kappa shape index (κ1) is 22.1. The molecule has 1 fully saturated rings. The maximum atomic E-state index is 14.4. The van der Waals surface area contributed by atoms with Crippen molar-refractivity contribution in [2.24, 2.45) is 7.05 Å². The third-order valence-corrected chi connectivity index (χ3v) is 6.01. The van der Waals surface area contributed by atoms with Crippen molar-refractivity contribution in [3.63, 3.8) is 0 Å². The predicted octanol–water partition coefficient (Wildman–Crippen LogP) is 1.72. The van der Waals surface area contributed by atoms with Gasteiger partial charge in [-0.25, -0.2) is 19.0 Å². The molecule has 1 N–H and O–H groups in total. The predicted molar refractivity (Wildman–Crippen MR) is 119 cm³/mol. The summed E-state index contributed by atoms with van der Waals surface area (Å²) >= 11 is 0. The van der Waals surface area contributed by atoms with Crippen LogP contribution in [0.5, 0.6) is 5.75 Å². The Kier molecular flexibility index (Phi) is 5.78. The quantitative estimate of drug-likeness (QED) is 0.519. The van der Waals surface area contributed by atoms with Gasteiger partial charge in [0.1, 0.15) is 30.1 Å². The van der Waals surface area contributed by atoms with E-state index in [0.717, 1.165) is 0 Å². The van der Waals surface area contributed by atoms with Crippen molar-refractivity contribution in [3.05, 3.63) is 51.9 Å². The van der Waals surface area contributed by atoms with E-state index in [-0.39, 0.29) is 24.9 Å². The van der Waals surface area contributed by atoms with Crippen molar-refractivity contribution in [1.29, 1.82) is 0 Å². The lowest BCUT2D eigenvalue weighted by molar-refractivity contribution is -0.121. The fraction of sp³-hybridized carbons (Fsp3) is 0.391. The van der Waals surface area contributed by atoms with Gasteiger partial charge in [-0.3, -0.25) is 14.3 Å². The summed E-state index contributed by atoms with van der Waals surface area (Å²) in [7, 11) is 1.55. The van der Waals surface area contributed by atoms with E-state index in [1.807, 2.05) is 0 Å². The number of cyclic esters (lactones) is 1. The molecule has 1 aromatic carbocycles. The second-order valence-corrected chi connectivity index (χ2v) is 8.32. The van der Waals surface area contributed by atoms with Crippen molar-refractivity contribution in [2.75, 3.05) is 31.1 Å². The molecule has 1 atom stereocenters. The number of halogens is 1. The number of carbonyl (C=O) groups excluding carboxylic acids is 2. The molecule has 0 aliphatic carbocycles. The molecule has 0 spiro atoms. The molecule has 5 rings (SSSR count). The van der Waals surface area contributed by atoms with E-state index in [0.29, 0.717) is 66.4 Å². The maximum absolute atomic E-state index is 14.4. The molecule has 11 heteroatoms. The topological polar surface area (TPSA) is 116 Å². The molecule has 1 amide bonds. The molecule has 2 aromatic heterocycles. The van der Waals surface area contributed by atoms with Gasteiger partial charge in [0.2, 0.25) is 0 Å². The number of ketones is 1. The highest BCUT2D eigenvalue weighted by molar-refractivity contribution is 5.89. The minimum atomic E-state index is -0.532. The second-order valence-electron chi connectivity index (χ2n) is 8.32. The number of nitrogens with zero attached hydrogens (tertiary/aromatic N) is 3. The number of hydrogen-bond acceptors (Lipinski definition) is 8. The van der Waals surface area contributed by atoms with Crippen LogP contribution in [0.25, 0.3) is 11.1 Å². The lowest BCUT2D eigenvalue weighted by Gasteiger charge is -2.18. The van der Waals surface area contributed by atoms with Crippen LogP contribution in [-0.2, 0) is 29.4 Å². The van der Waals surface area contributed by atoms with Crippen LogP contribution in [-0.4, -0.2) is 53.8 Å². The van der Waals surface area contributed by atoms with Crippen LogP contribution in [0.4, 0.5) is 15.0 Å². The number of nitrogens with one attached hydrogen (secondary N) is 1. The van der Waals surface area contributed by atoms with E-state index in [1.54, 1.807) is 19.2 Å². The van der Waals surface area contributed by atoms with Crippen LogP contribution in [0.1, 0.15) is 17.7 Å². The molecule has 1 unspecified atom stereocenters. The zero-order valence-electron chi connectivity index (χ0n) is 18.5. The van der Waals surface area contributed by atoms with Gasteiger partial charge in [0.05, 0.1) is 24.2 Å². The molecule has 2 aliphatic rings. The highest BCUT2D eigenvalue weighted by atomic mass is 19.1. The number of pyridine rings is 1. The number of amides is 1. The fourth-order valence-electron chi connectivity index (χ4n) is 4.27. The third-order valence-electron chi connectivity index (χ3n) is 6.01. The minimum absolute atomic E-state index is 0.0385. The summed E-state index contributed by atoms with van der Waals surface area (Å²) in [6.45, 7) is 1.40. The molecule has 0 radical (unpaired) electrons. The largest absolute Gasteiger partial charge is 0.484 e. The SMILES string of the molecule is Cn1c(=O)oc2ccc(F)c(CCNCCC3CN(c4ccc5c(n4)CC(=O)CO5)C(=O)O3)c21. The Labute approximate surface area is 193 Å². The van der Waals surface area contributed by atoms with Gasteiger partial charge in [-0.1, -0.05) is 0 Å². The number of ether oxygens (including phenoxy) is 2. The Morgan fingerprint density at radius 2 is 2.03 bits per heavy atom. The number of Topliss-reactive ketones (excluding diaryl/α,β-unsaturated/α-hetero) is 1. The first-order valence-electron chi connectivity index (χ1n) is 11.0. The number of carbonyl (C=O) groups is 2. The summed E-state index contributed by atoms with van der Waals surface area (Å²) < 4.78 is 31.6. The Morgan fingerprint density at radius 3 is 2.88 bits per heavy atom. The highest BCUT2D eigenvalue weighted by Gasteiger charge is 2.33. The smallest absolute Gasteiger partial charge is 0.419 e. The standard InChI is InChI=1S/C23H23FN4O6/c1-27-21-15(16(24)2-3-19(21)34-22(27)30)7-9-25-8-6-14-11-28(23(31)33-14)20-5-4-18-17(26-20)10-13(29)12-32-18/h2-5,14,25H,6-12H2,1H3. The van der Waals surface area contributed by atoms with Crippen LogP contribution in [0.15, 0.2) is 33.5 Å². The highest BCUT2D eigenvalue weighted by Crippen LogP contribution is 2.27. The van der Waals surface area contributed by atoms with E-state index in [1.165, 1.54) is 21.6 Å². The van der Waals surface area contributed by atoms with Gasteiger partial charge >= 0.3 is 11.8 Å². The lowest BCUT2D eigenvalue weighted by atomic mass is 10.1. The number of fused-ring (bicyclic) bond motifs is 2. The zero-order chi connectivity index (χ0) is 23.8. The number of aryl methyl sites for hydroxylation is 1. The van der Waals surface area contributed by atoms with Crippen molar-refractivity contribution in [1.82, 2.24) is 14.9 Å². The summed E-state index contributed by atoms with van der Waals surface area (Å²) in [4.78, 5) is 41.6. The molecular weight excluding hydrogens is 447 g/mol. The van der Waals surface area contributed by atoms with E-state index in [2.05, 4.69) is 10.3 Å². The summed E-state index contributed by atoms with van der Waals surface area (Å²) in [5.74, 6) is -0.00652. The van der Waals surface area contributed by atoms with Gasteiger partial charge in [0.25, 0.3) is 0 Å². The third kappa shape index (κ3) is 4.14. The molecule has 2 aliphatic heterocycles. The molecular formula is C23H23FN4O6. The summed E-state index contributed by atoms with van der Waals surface area (Å²) in [5.41, 5.74) is 1.74. The second kappa shape index (κ2) is 8.90. The summed E-state index contributed by atoms with van der Waals surface area (Å²) in [6.07, 6.45) is 0.291. The zero-order valence-corrected chi connectivity index (χ0v) is 18.5.